The van der Waals surface area contributed by atoms with Crippen LogP contribution in [0.5, 0.6) is 0 Å². The van der Waals surface area contributed by atoms with Crippen molar-refractivity contribution >= 4 is 5.82 Å². The number of aryl methyl sites for hydroxylation is 1. The molecule has 1 aromatic rings. The first-order valence-corrected chi connectivity index (χ1v) is 6.29. The van der Waals surface area contributed by atoms with Crippen molar-refractivity contribution in [3.05, 3.63) is 20.8 Å². The summed E-state index contributed by atoms with van der Waals surface area (Å²) in [5, 5.41) is 4.12. The van der Waals surface area contributed by atoms with Crippen molar-refractivity contribution in [1.29, 1.82) is 0 Å². The summed E-state index contributed by atoms with van der Waals surface area (Å²) in [6.45, 7) is 6.00. The summed E-state index contributed by atoms with van der Waals surface area (Å²) in [5.74, 6) is 1.47. The zero-order chi connectivity index (χ0) is 13.4. The van der Waals surface area contributed by atoms with Crippen molar-refractivity contribution in [1.82, 2.24) is 14.3 Å². The average Bonchev–Trinajstić information content (AvgIpc) is 2.30. The van der Waals surface area contributed by atoms with Gasteiger partial charge >= 0.3 is 5.69 Å². The highest BCUT2D eigenvalue weighted by Gasteiger charge is 2.25. The van der Waals surface area contributed by atoms with E-state index >= 15 is 0 Å². The molecule has 6 heteroatoms. The van der Waals surface area contributed by atoms with Gasteiger partial charge in [0.15, 0.2) is 0 Å². The van der Waals surface area contributed by atoms with E-state index in [4.69, 9.17) is 0 Å². The largest absolute Gasteiger partial charge is 0.350 e. The van der Waals surface area contributed by atoms with Gasteiger partial charge in [-0.25, -0.2) is 9.48 Å². The van der Waals surface area contributed by atoms with Crippen LogP contribution in [0.25, 0.3) is 0 Å². The van der Waals surface area contributed by atoms with E-state index in [0.717, 1.165) is 17.7 Å². The van der Waals surface area contributed by atoms with Gasteiger partial charge in [0.1, 0.15) is 0 Å². The first-order chi connectivity index (χ1) is 8.40. The Balaban J connectivity index is 2.45. The Bertz CT molecular complexity index is 550. The molecule has 18 heavy (non-hydrogen) atoms. The van der Waals surface area contributed by atoms with Crippen molar-refractivity contribution in [3.8, 4) is 0 Å². The fraction of sp³-hybridized carbons (Fsp3) is 0.750. The van der Waals surface area contributed by atoms with Gasteiger partial charge in [-0.05, 0) is 18.3 Å². The highest BCUT2D eigenvalue weighted by Crippen LogP contribution is 2.22. The molecule has 0 aliphatic carbocycles. The summed E-state index contributed by atoms with van der Waals surface area (Å²) in [6.07, 6.45) is 1.17. The maximum Gasteiger partial charge on any atom is 0.346 e. The normalized spacial score (nSPS) is 24.3. The smallest absolute Gasteiger partial charge is 0.346 e. The van der Waals surface area contributed by atoms with Gasteiger partial charge in [-0.3, -0.25) is 9.36 Å². The molecular weight excluding hydrogens is 232 g/mol. The van der Waals surface area contributed by atoms with Crippen LogP contribution in [-0.2, 0) is 14.1 Å². The van der Waals surface area contributed by atoms with Crippen LogP contribution in [0.4, 0.5) is 5.82 Å². The summed E-state index contributed by atoms with van der Waals surface area (Å²) in [5.41, 5.74) is -0.693. The third-order valence-electron chi connectivity index (χ3n) is 3.47. The van der Waals surface area contributed by atoms with Gasteiger partial charge in [0.05, 0.1) is 0 Å². The van der Waals surface area contributed by atoms with Crippen molar-refractivity contribution in [3.63, 3.8) is 0 Å². The minimum atomic E-state index is -0.387. The summed E-state index contributed by atoms with van der Waals surface area (Å²) in [4.78, 5) is 25.7. The highest BCUT2D eigenvalue weighted by molar-refractivity contribution is 5.35. The van der Waals surface area contributed by atoms with E-state index in [0.29, 0.717) is 17.7 Å². The molecule has 0 saturated carbocycles. The highest BCUT2D eigenvalue weighted by atomic mass is 16.2. The van der Waals surface area contributed by atoms with Crippen LogP contribution in [-0.4, -0.2) is 27.4 Å². The third kappa shape index (κ3) is 2.19. The molecular formula is C12H20N4O2. The van der Waals surface area contributed by atoms with Crippen LogP contribution in [0.3, 0.4) is 0 Å². The van der Waals surface area contributed by atoms with E-state index in [1.54, 1.807) is 7.05 Å². The molecule has 2 atom stereocenters. The van der Waals surface area contributed by atoms with Crippen molar-refractivity contribution < 1.29 is 0 Å². The molecule has 0 radical (unpaired) electrons. The summed E-state index contributed by atoms with van der Waals surface area (Å²) in [6, 6.07) is 0. The maximum absolute atomic E-state index is 12.1. The molecule has 0 bridgehead atoms. The van der Waals surface area contributed by atoms with Gasteiger partial charge in [0.2, 0.25) is 5.82 Å². The minimum Gasteiger partial charge on any atom is -0.350 e. The Labute approximate surface area is 106 Å². The van der Waals surface area contributed by atoms with Gasteiger partial charge in [0.25, 0.3) is 5.56 Å². The molecule has 100 valence electrons. The van der Waals surface area contributed by atoms with E-state index in [2.05, 4.69) is 18.9 Å². The maximum atomic E-state index is 12.1. The number of piperidine rings is 1. The van der Waals surface area contributed by atoms with Crippen molar-refractivity contribution in [2.45, 2.75) is 20.3 Å². The molecule has 0 aromatic carbocycles. The first kappa shape index (κ1) is 12.9. The fourth-order valence-electron chi connectivity index (χ4n) is 2.72. The molecule has 1 fully saturated rings. The molecule has 0 unspecified atom stereocenters. The number of aromatic nitrogens is 3. The van der Waals surface area contributed by atoms with Crippen molar-refractivity contribution in [2.24, 2.45) is 25.9 Å². The molecule has 1 saturated heterocycles. The van der Waals surface area contributed by atoms with Gasteiger partial charge in [0, 0.05) is 27.2 Å². The predicted octanol–water partition coefficient (Wildman–Crippen LogP) is -0.0387. The molecule has 1 aromatic heterocycles. The lowest BCUT2D eigenvalue weighted by Crippen LogP contribution is -2.47. The number of hydrogen-bond acceptors (Lipinski definition) is 4. The summed E-state index contributed by atoms with van der Waals surface area (Å²) in [7, 11) is 3.06. The van der Waals surface area contributed by atoms with Crippen molar-refractivity contribution in [2.75, 3.05) is 18.0 Å². The van der Waals surface area contributed by atoms with E-state index in [1.165, 1.54) is 18.2 Å². The standard InChI is InChI=1S/C12H20N4O2/c1-8-5-9(2)7-16(6-8)10-11(17)14(3)12(18)15(4)13-10/h8-9H,5-7H2,1-4H3/t8-,9-/m0/s1. The van der Waals surface area contributed by atoms with Crippen LogP contribution >= 0.6 is 0 Å². The Hall–Kier alpha value is -1.59. The second-order valence-electron chi connectivity index (χ2n) is 5.44. The Kier molecular flexibility index (Phi) is 3.28. The molecule has 1 aliphatic heterocycles. The van der Waals surface area contributed by atoms with Crippen LogP contribution < -0.4 is 16.1 Å². The average molecular weight is 252 g/mol. The second kappa shape index (κ2) is 4.59. The summed E-state index contributed by atoms with van der Waals surface area (Å²) >= 11 is 0. The molecule has 1 aliphatic rings. The molecule has 0 spiro atoms. The molecule has 0 amide bonds. The second-order valence-corrected chi connectivity index (χ2v) is 5.44. The zero-order valence-corrected chi connectivity index (χ0v) is 11.4. The topological polar surface area (TPSA) is 60.1 Å². The predicted molar refractivity (Wildman–Crippen MR) is 69.9 cm³/mol. The molecule has 6 nitrogen and oxygen atoms in total. The van der Waals surface area contributed by atoms with Crippen LogP contribution in [0.15, 0.2) is 9.59 Å². The number of rotatable bonds is 1. The molecule has 2 heterocycles. The van der Waals surface area contributed by atoms with Crippen LogP contribution in [0, 0.1) is 11.8 Å². The van der Waals surface area contributed by atoms with E-state index in [9.17, 15) is 9.59 Å². The van der Waals surface area contributed by atoms with Crippen LogP contribution in [0.2, 0.25) is 0 Å². The zero-order valence-electron chi connectivity index (χ0n) is 11.4. The molecule has 2 rings (SSSR count). The quantitative estimate of drug-likeness (QED) is 0.704. The lowest BCUT2D eigenvalue weighted by molar-refractivity contribution is 0.352. The SMILES string of the molecule is C[C@H]1C[C@H](C)CN(c2nn(C)c(=O)n(C)c2=O)C1. The Morgan fingerprint density at radius 1 is 1.11 bits per heavy atom. The Morgan fingerprint density at radius 2 is 1.67 bits per heavy atom. The van der Waals surface area contributed by atoms with E-state index < -0.39 is 0 Å². The van der Waals surface area contributed by atoms with Gasteiger partial charge in [-0.15, -0.1) is 5.10 Å². The Morgan fingerprint density at radius 3 is 2.22 bits per heavy atom. The van der Waals surface area contributed by atoms with E-state index in [-0.39, 0.29) is 11.2 Å². The van der Waals surface area contributed by atoms with E-state index in [1.807, 2.05) is 4.90 Å². The summed E-state index contributed by atoms with van der Waals surface area (Å²) < 4.78 is 2.34. The van der Waals surface area contributed by atoms with Crippen LogP contribution in [0.1, 0.15) is 20.3 Å². The van der Waals surface area contributed by atoms with Gasteiger partial charge in [-0.2, -0.15) is 0 Å². The fourth-order valence-corrected chi connectivity index (χ4v) is 2.72. The first-order valence-electron chi connectivity index (χ1n) is 6.29. The lowest BCUT2D eigenvalue weighted by Gasteiger charge is -2.35. The number of anilines is 1. The monoisotopic (exact) mass is 252 g/mol. The third-order valence-corrected chi connectivity index (χ3v) is 3.47. The minimum absolute atomic E-state index is 0.306. The molecule has 0 N–H and O–H groups in total. The van der Waals surface area contributed by atoms with Gasteiger partial charge in [-0.1, -0.05) is 13.8 Å². The van der Waals surface area contributed by atoms with Gasteiger partial charge < -0.3 is 4.90 Å². The number of nitrogens with zero attached hydrogens (tertiary/aromatic N) is 4. The lowest BCUT2D eigenvalue weighted by atomic mass is 9.92. The number of hydrogen-bond donors (Lipinski definition) is 0.